The molecular formula is C123H74N4S3. The fourth-order valence-corrected chi connectivity index (χ4v) is 24.3. The summed E-state index contributed by atoms with van der Waals surface area (Å²) in [6, 6.07) is 162. The van der Waals surface area contributed by atoms with Crippen LogP contribution in [0, 0.1) is 0 Å². The highest BCUT2D eigenvalue weighted by Crippen LogP contribution is 2.51. The molecule has 0 fully saturated rings. The van der Waals surface area contributed by atoms with Gasteiger partial charge in [0.2, 0.25) is 0 Å². The SMILES string of the molecule is c1ccc(-c2c3ccccc3c(-c3ccc(-c4nc5ccccc5c5c4sc4ccccc45)cc3)c3ccccc23)cc1.c1ccc2cc(-c3c4ccccc4c(-c4ccc(-c5nc6ccccc6c6c5sc5ccccc56)cc4)c4ccccc34)ccc2c1.c1ccc2cc3c(cc2c1)c1ccccc1n3-c1ccc(-c2nc3ccccc3c3c2sc2ccccc23)cc1. The first-order chi connectivity index (χ1) is 64.5. The molecule has 0 bridgehead atoms. The van der Waals surface area contributed by atoms with Crippen molar-refractivity contribution in [3.05, 3.63) is 449 Å². The maximum atomic E-state index is 5.25. The molecule has 7 heteroatoms. The van der Waals surface area contributed by atoms with Gasteiger partial charge in [-0.05, 0) is 182 Å². The van der Waals surface area contributed by atoms with Crippen LogP contribution >= 0.6 is 34.0 Å². The van der Waals surface area contributed by atoms with Gasteiger partial charge in [-0.3, -0.25) is 0 Å². The maximum Gasteiger partial charge on any atom is 0.0888 e. The third-order valence-electron chi connectivity index (χ3n) is 26.4. The average Bonchev–Trinajstić information content (AvgIpc) is 1.21. The predicted octanol–water partition coefficient (Wildman–Crippen LogP) is 35.5. The van der Waals surface area contributed by atoms with E-state index in [1.165, 1.54) is 208 Å². The van der Waals surface area contributed by atoms with Gasteiger partial charge >= 0.3 is 0 Å². The highest BCUT2D eigenvalue weighted by Gasteiger charge is 2.25. The summed E-state index contributed by atoms with van der Waals surface area (Å²) in [6.07, 6.45) is 0. The van der Waals surface area contributed by atoms with Crippen LogP contribution < -0.4 is 0 Å². The third kappa shape index (κ3) is 12.3. The molecule has 0 spiro atoms. The van der Waals surface area contributed by atoms with Gasteiger partial charge in [-0.15, -0.1) is 34.0 Å². The molecule has 7 heterocycles. The lowest BCUT2D eigenvalue weighted by molar-refractivity contribution is 1.18. The first-order valence-corrected chi connectivity index (χ1v) is 46.7. The monoisotopic (exact) mass is 1700 g/mol. The molecule has 130 heavy (non-hydrogen) atoms. The van der Waals surface area contributed by atoms with Gasteiger partial charge in [0.05, 0.1) is 58.8 Å². The van der Waals surface area contributed by atoms with Crippen molar-refractivity contribution in [2.45, 2.75) is 0 Å². The Hall–Kier alpha value is -16.1. The van der Waals surface area contributed by atoms with Crippen molar-refractivity contribution in [2.75, 3.05) is 0 Å². The van der Waals surface area contributed by atoms with Crippen molar-refractivity contribution in [1.29, 1.82) is 0 Å². The lowest BCUT2D eigenvalue weighted by atomic mass is 9.85. The molecule has 604 valence electrons. The second-order valence-corrected chi connectivity index (χ2v) is 36.9. The zero-order valence-corrected chi connectivity index (χ0v) is 72.7. The molecule has 28 rings (SSSR count). The highest BCUT2D eigenvalue weighted by atomic mass is 32.1. The first kappa shape index (κ1) is 75.2. The van der Waals surface area contributed by atoms with Gasteiger partial charge in [-0.2, -0.15) is 0 Å². The summed E-state index contributed by atoms with van der Waals surface area (Å²) >= 11 is 5.52. The summed E-state index contributed by atoms with van der Waals surface area (Å²) in [5.41, 5.74) is 23.3. The van der Waals surface area contributed by atoms with Gasteiger partial charge in [-0.1, -0.05) is 376 Å². The Kier molecular flexibility index (Phi) is 17.9. The number of hydrogen-bond donors (Lipinski definition) is 0. The summed E-state index contributed by atoms with van der Waals surface area (Å²) in [5.74, 6) is 0. The standard InChI is InChI=1S/C45H27NS.C41H25NS.C37H22N2S/c1-2-12-31-27-32(26-21-28(31)11-1)42-35-15-5-3-13-33(35)41(34-14-4-6-16-36(34)42)29-22-24-30(25-23-29)44-45-43(37-17-7-9-19-39(37)46-44)38-18-8-10-20-40(38)47-45;1-2-12-26(13-3-1)37-29-14-4-6-16-31(29)38(32-17-7-5-15-30(32)37)27-22-24-28(25-23-27)40-41-39(33-18-8-10-20-35(33)42-40)34-19-9-11-21-36(34)43-41;1-2-10-25-22-33-30(21-24(25)9-1)27-11-4-7-15-32(27)39(33)26-19-17-23(18-20-26)36-37-35(28-12-3-6-14-31(28)38-36)29-13-5-8-16-34(29)40-37/h1-27H;1-25H;1-22H. The summed E-state index contributed by atoms with van der Waals surface area (Å²) in [6.45, 7) is 0. The van der Waals surface area contributed by atoms with Crippen LogP contribution in [0.4, 0.5) is 0 Å². The zero-order valence-electron chi connectivity index (χ0n) is 70.2. The average molecular weight is 1700 g/mol. The summed E-state index contributed by atoms with van der Waals surface area (Å²) < 4.78 is 10.0. The van der Waals surface area contributed by atoms with Gasteiger partial charge in [0.15, 0.2) is 0 Å². The van der Waals surface area contributed by atoms with Gasteiger partial charge in [0.1, 0.15) is 0 Å². The molecule has 0 saturated carbocycles. The molecule has 0 N–H and O–H groups in total. The largest absolute Gasteiger partial charge is 0.309 e. The number of hydrogen-bond acceptors (Lipinski definition) is 6. The first-order valence-electron chi connectivity index (χ1n) is 44.3. The van der Waals surface area contributed by atoms with E-state index in [0.29, 0.717) is 0 Å². The fourth-order valence-electron chi connectivity index (χ4n) is 20.6. The molecule has 4 nitrogen and oxygen atoms in total. The molecule has 0 atom stereocenters. The van der Waals surface area contributed by atoms with Crippen LogP contribution in [0.15, 0.2) is 449 Å². The zero-order chi connectivity index (χ0) is 85.4. The second kappa shape index (κ2) is 30.9. The van der Waals surface area contributed by atoms with Gasteiger partial charge in [-0.25, -0.2) is 15.0 Å². The van der Waals surface area contributed by atoms with Gasteiger partial charge in [0, 0.05) is 95.7 Å². The highest BCUT2D eigenvalue weighted by molar-refractivity contribution is 7.27. The molecule has 0 saturated heterocycles. The quantitative estimate of drug-likeness (QED) is 0.142. The van der Waals surface area contributed by atoms with Crippen molar-refractivity contribution in [3.8, 4) is 84.0 Å². The molecular weight excluding hydrogens is 1630 g/mol. The molecule has 21 aromatic carbocycles. The van der Waals surface area contributed by atoms with E-state index in [1.54, 1.807) is 0 Å². The van der Waals surface area contributed by atoms with Gasteiger partial charge in [0.25, 0.3) is 0 Å². The normalized spacial score (nSPS) is 11.8. The Morgan fingerprint density at radius 2 is 0.446 bits per heavy atom. The molecule has 0 aliphatic rings. The number of fused-ring (bicyclic) bond motifs is 24. The Morgan fingerprint density at radius 1 is 0.169 bits per heavy atom. The lowest BCUT2D eigenvalue weighted by Gasteiger charge is -2.18. The van der Waals surface area contributed by atoms with Crippen molar-refractivity contribution < 1.29 is 0 Å². The number of nitrogens with zero attached hydrogens (tertiary/aromatic N) is 4. The number of rotatable bonds is 8. The molecule has 0 radical (unpaired) electrons. The molecule has 28 aromatic rings. The van der Waals surface area contributed by atoms with E-state index < -0.39 is 0 Å². The van der Waals surface area contributed by atoms with Crippen molar-refractivity contribution in [3.63, 3.8) is 0 Å². The van der Waals surface area contributed by atoms with E-state index in [0.717, 1.165) is 56.0 Å². The van der Waals surface area contributed by atoms with E-state index in [9.17, 15) is 0 Å². The van der Waals surface area contributed by atoms with Crippen LogP contribution in [0.5, 0.6) is 0 Å². The number of para-hydroxylation sites is 4. The molecule has 0 aliphatic heterocycles. The van der Waals surface area contributed by atoms with E-state index in [-0.39, 0.29) is 0 Å². The van der Waals surface area contributed by atoms with Crippen LogP contribution in [0.2, 0.25) is 0 Å². The van der Waals surface area contributed by atoms with Crippen LogP contribution in [-0.4, -0.2) is 19.5 Å². The van der Waals surface area contributed by atoms with Crippen LogP contribution in [0.1, 0.15) is 0 Å². The number of pyridine rings is 3. The molecule has 0 amide bonds. The Labute approximate surface area is 760 Å². The summed E-state index contributed by atoms with van der Waals surface area (Å²) in [5, 5.41) is 29.2. The van der Waals surface area contributed by atoms with Crippen LogP contribution in [0.25, 0.3) is 264 Å². The number of aromatic nitrogens is 4. The molecule has 0 unspecified atom stereocenters. The minimum atomic E-state index is 1.03. The fraction of sp³-hybridized carbons (Fsp3) is 0. The molecule has 0 aliphatic carbocycles. The Morgan fingerprint density at radius 3 is 0.846 bits per heavy atom. The van der Waals surface area contributed by atoms with Gasteiger partial charge < -0.3 is 4.57 Å². The van der Waals surface area contributed by atoms with Crippen molar-refractivity contribution in [2.24, 2.45) is 0 Å². The van der Waals surface area contributed by atoms with E-state index in [4.69, 9.17) is 15.0 Å². The number of thiophene rings is 3. The minimum absolute atomic E-state index is 1.03. The Bertz CT molecular complexity index is 9380. The smallest absolute Gasteiger partial charge is 0.0888 e. The predicted molar refractivity (Wildman–Crippen MR) is 561 cm³/mol. The Balaban J connectivity index is 0.000000103. The van der Waals surface area contributed by atoms with E-state index >= 15 is 0 Å². The molecule has 7 aromatic heterocycles. The van der Waals surface area contributed by atoms with Crippen molar-refractivity contribution >= 4 is 214 Å². The third-order valence-corrected chi connectivity index (χ3v) is 30.0. The number of benzene rings is 21. The maximum absolute atomic E-state index is 5.25. The van der Waals surface area contributed by atoms with Crippen molar-refractivity contribution in [1.82, 2.24) is 19.5 Å². The summed E-state index contributed by atoms with van der Waals surface area (Å²) in [7, 11) is 0. The second-order valence-electron chi connectivity index (χ2n) is 33.7. The minimum Gasteiger partial charge on any atom is -0.309 e. The van der Waals surface area contributed by atoms with E-state index in [1.807, 2.05) is 34.0 Å². The van der Waals surface area contributed by atoms with E-state index in [2.05, 4.69) is 453 Å². The lowest BCUT2D eigenvalue weighted by Crippen LogP contribution is -1.94. The van der Waals surface area contributed by atoms with Crippen LogP contribution in [-0.2, 0) is 0 Å². The van der Waals surface area contributed by atoms with Crippen LogP contribution in [0.3, 0.4) is 0 Å². The summed E-state index contributed by atoms with van der Waals surface area (Å²) in [4.78, 5) is 15.7. The topological polar surface area (TPSA) is 43.6 Å².